The highest BCUT2D eigenvalue weighted by Crippen LogP contribution is 2.33. The highest BCUT2D eigenvalue weighted by molar-refractivity contribution is 5.69. The van der Waals surface area contributed by atoms with Crippen LogP contribution in [0.3, 0.4) is 0 Å². The van der Waals surface area contributed by atoms with E-state index in [9.17, 15) is 4.79 Å². The van der Waals surface area contributed by atoms with Crippen LogP contribution in [-0.4, -0.2) is 32.1 Å². The van der Waals surface area contributed by atoms with Gasteiger partial charge in [0.15, 0.2) is 0 Å². The molecule has 0 N–H and O–H groups in total. The molecule has 5 nitrogen and oxygen atoms in total. The van der Waals surface area contributed by atoms with Gasteiger partial charge in [0.2, 0.25) is 5.79 Å². The monoisotopic (exact) mass is 260 g/mol. The Hall–Kier alpha value is -0.650. The Morgan fingerprint density at radius 2 is 2.17 bits per heavy atom. The normalized spacial score (nSPS) is 28.1. The van der Waals surface area contributed by atoms with E-state index in [4.69, 9.17) is 14.5 Å². The Morgan fingerprint density at radius 3 is 2.67 bits per heavy atom. The van der Waals surface area contributed by atoms with Crippen LogP contribution in [-0.2, 0) is 24.0 Å². The number of carbonyl (C=O) groups excluding carboxylic acids is 1. The largest absolute Gasteiger partial charge is 0.469 e. The summed E-state index contributed by atoms with van der Waals surface area (Å²) >= 11 is 0. The second-order valence-corrected chi connectivity index (χ2v) is 4.69. The van der Waals surface area contributed by atoms with E-state index in [-0.39, 0.29) is 18.5 Å². The van der Waals surface area contributed by atoms with Gasteiger partial charge < -0.3 is 9.47 Å². The van der Waals surface area contributed by atoms with E-state index in [2.05, 4.69) is 11.7 Å². The average molecular weight is 260 g/mol. The van der Waals surface area contributed by atoms with Crippen molar-refractivity contribution < 1.29 is 24.0 Å². The first-order valence-electron chi connectivity index (χ1n) is 6.62. The summed E-state index contributed by atoms with van der Waals surface area (Å²) in [6, 6.07) is 0. The predicted octanol–water partition coefficient (Wildman–Crippen LogP) is 2.58. The fourth-order valence-electron chi connectivity index (χ4n) is 2.08. The lowest BCUT2D eigenvalue weighted by atomic mass is 9.98. The van der Waals surface area contributed by atoms with Crippen LogP contribution in [0.15, 0.2) is 0 Å². The van der Waals surface area contributed by atoms with Gasteiger partial charge in [0.1, 0.15) is 6.10 Å². The van der Waals surface area contributed by atoms with E-state index in [1.54, 1.807) is 7.11 Å². The molecule has 0 bridgehead atoms. The molecule has 1 saturated heterocycles. The third kappa shape index (κ3) is 4.55. The maximum Gasteiger partial charge on any atom is 0.308 e. The number of methoxy groups -OCH3 is 2. The Balaban J connectivity index is 2.36. The summed E-state index contributed by atoms with van der Waals surface area (Å²) in [7, 11) is 3.01. The highest BCUT2D eigenvalue weighted by atomic mass is 17.2. The molecule has 0 saturated carbocycles. The molecule has 1 aliphatic heterocycles. The highest BCUT2D eigenvalue weighted by Gasteiger charge is 2.38. The summed E-state index contributed by atoms with van der Waals surface area (Å²) in [5.41, 5.74) is 0. The van der Waals surface area contributed by atoms with Crippen molar-refractivity contribution in [2.45, 2.75) is 63.8 Å². The number of rotatable bonds is 7. The fourth-order valence-corrected chi connectivity index (χ4v) is 2.08. The second kappa shape index (κ2) is 7.71. The van der Waals surface area contributed by atoms with Crippen molar-refractivity contribution in [3.8, 4) is 0 Å². The second-order valence-electron chi connectivity index (χ2n) is 4.69. The molecule has 1 fully saturated rings. The van der Waals surface area contributed by atoms with Crippen molar-refractivity contribution in [1.29, 1.82) is 0 Å². The summed E-state index contributed by atoms with van der Waals surface area (Å²) < 4.78 is 10.0. The minimum absolute atomic E-state index is 0.227. The van der Waals surface area contributed by atoms with Crippen LogP contribution in [0.2, 0.25) is 0 Å². The lowest BCUT2D eigenvalue weighted by Gasteiger charge is -2.37. The summed E-state index contributed by atoms with van der Waals surface area (Å²) in [6.07, 6.45) is 5.67. The first kappa shape index (κ1) is 15.4. The van der Waals surface area contributed by atoms with E-state index in [0.29, 0.717) is 0 Å². The fraction of sp³-hybridized carbons (Fsp3) is 0.923. The zero-order valence-electron chi connectivity index (χ0n) is 11.6. The van der Waals surface area contributed by atoms with Gasteiger partial charge in [-0.2, -0.15) is 0 Å². The average Bonchev–Trinajstić information content (AvgIpc) is 2.41. The smallest absolute Gasteiger partial charge is 0.308 e. The van der Waals surface area contributed by atoms with Gasteiger partial charge in [-0.1, -0.05) is 19.8 Å². The van der Waals surface area contributed by atoms with Crippen LogP contribution in [0.1, 0.15) is 51.9 Å². The molecule has 2 atom stereocenters. The van der Waals surface area contributed by atoms with Crippen molar-refractivity contribution in [2.75, 3.05) is 14.2 Å². The molecule has 0 aromatic rings. The zero-order valence-corrected chi connectivity index (χ0v) is 11.6. The van der Waals surface area contributed by atoms with E-state index >= 15 is 0 Å². The van der Waals surface area contributed by atoms with Crippen molar-refractivity contribution in [3.63, 3.8) is 0 Å². The van der Waals surface area contributed by atoms with Crippen LogP contribution >= 0.6 is 0 Å². The van der Waals surface area contributed by atoms with Crippen molar-refractivity contribution in [1.82, 2.24) is 0 Å². The molecule has 0 aromatic carbocycles. The van der Waals surface area contributed by atoms with Gasteiger partial charge in [-0.25, -0.2) is 9.78 Å². The molecule has 0 radical (unpaired) electrons. The van der Waals surface area contributed by atoms with Crippen LogP contribution in [0.5, 0.6) is 0 Å². The van der Waals surface area contributed by atoms with Gasteiger partial charge in [0.25, 0.3) is 0 Å². The lowest BCUT2D eigenvalue weighted by Crippen LogP contribution is -2.42. The number of unbranched alkanes of at least 4 members (excludes halogenated alkanes) is 2. The van der Waals surface area contributed by atoms with Gasteiger partial charge in [0.05, 0.1) is 13.5 Å². The molecule has 0 aliphatic carbocycles. The molecule has 0 aromatic heterocycles. The van der Waals surface area contributed by atoms with Crippen molar-refractivity contribution in [3.05, 3.63) is 0 Å². The van der Waals surface area contributed by atoms with Crippen LogP contribution in [0.25, 0.3) is 0 Å². The van der Waals surface area contributed by atoms with Crippen LogP contribution in [0.4, 0.5) is 0 Å². The number of ether oxygens (including phenoxy) is 2. The third-order valence-electron chi connectivity index (χ3n) is 3.34. The third-order valence-corrected chi connectivity index (χ3v) is 3.34. The van der Waals surface area contributed by atoms with Crippen LogP contribution in [0, 0.1) is 0 Å². The molecule has 5 heteroatoms. The van der Waals surface area contributed by atoms with E-state index in [1.165, 1.54) is 7.11 Å². The van der Waals surface area contributed by atoms with Gasteiger partial charge in [0, 0.05) is 20.0 Å². The molecule has 0 unspecified atom stereocenters. The minimum Gasteiger partial charge on any atom is -0.469 e. The molecule has 1 rings (SSSR count). The maximum atomic E-state index is 11.1. The quantitative estimate of drug-likeness (QED) is 0.400. The van der Waals surface area contributed by atoms with Gasteiger partial charge >= 0.3 is 5.97 Å². The molecular formula is C13H24O5. The summed E-state index contributed by atoms with van der Waals surface area (Å²) in [5.74, 6) is -0.915. The van der Waals surface area contributed by atoms with Crippen molar-refractivity contribution in [2.24, 2.45) is 0 Å². The molecule has 1 heterocycles. The number of hydrogen-bond acceptors (Lipinski definition) is 5. The summed E-state index contributed by atoms with van der Waals surface area (Å²) in [6.45, 7) is 2.16. The molecule has 18 heavy (non-hydrogen) atoms. The van der Waals surface area contributed by atoms with Gasteiger partial charge in [-0.3, -0.25) is 4.79 Å². The number of carbonyl (C=O) groups is 1. The van der Waals surface area contributed by atoms with Crippen LogP contribution < -0.4 is 0 Å². The van der Waals surface area contributed by atoms with Gasteiger partial charge in [-0.15, -0.1) is 0 Å². The first-order chi connectivity index (χ1) is 8.65. The van der Waals surface area contributed by atoms with E-state index in [1.807, 2.05) is 0 Å². The zero-order chi connectivity index (χ0) is 13.4. The Labute approximate surface area is 109 Å². The number of hydrogen-bond donors (Lipinski definition) is 0. The maximum absolute atomic E-state index is 11.1. The summed E-state index contributed by atoms with van der Waals surface area (Å²) in [5, 5.41) is 0. The topological polar surface area (TPSA) is 54.0 Å². The lowest BCUT2D eigenvalue weighted by molar-refractivity contribution is -0.466. The molecule has 106 valence electrons. The van der Waals surface area contributed by atoms with Gasteiger partial charge in [-0.05, 0) is 12.8 Å². The Morgan fingerprint density at radius 1 is 1.39 bits per heavy atom. The standard InChI is InChI=1S/C13H24O5/c1-4-5-6-8-13(16-3)9-7-11(17-18-13)10-12(14)15-2/h11H,4-10H2,1-3H3/t11-,13-/m1/s1. The molecule has 1 aliphatic rings. The Kier molecular flexibility index (Phi) is 6.60. The van der Waals surface area contributed by atoms with Crippen molar-refractivity contribution >= 4 is 5.97 Å². The SMILES string of the molecule is CCCCC[C@]1(OC)CC[C@H](CC(=O)OC)OO1. The molecular weight excluding hydrogens is 236 g/mol. The molecule has 0 spiro atoms. The van der Waals surface area contributed by atoms with E-state index in [0.717, 1.165) is 38.5 Å². The molecule has 0 amide bonds. The minimum atomic E-state index is -0.637. The summed E-state index contributed by atoms with van der Waals surface area (Å²) in [4.78, 5) is 21.8. The predicted molar refractivity (Wildman–Crippen MR) is 65.7 cm³/mol. The Bertz CT molecular complexity index is 246. The number of esters is 1. The van der Waals surface area contributed by atoms with E-state index < -0.39 is 5.79 Å². The first-order valence-corrected chi connectivity index (χ1v) is 6.62.